The molecule has 0 aliphatic carbocycles. The first-order valence-corrected chi connectivity index (χ1v) is 12.3. The molecule has 6 nitrogen and oxygen atoms in total. The van der Waals surface area contributed by atoms with Crippen molar-refractivity contribution in [2.45, 2.75) is 38.1 Å². The molecule has 2 aromatic rings. The summed E-state index contributed by atoms with van der Waals surface area (Å²) in [5.41, 5.74) is 10.2. The minimum Gasteiger partial charge on any atom is -0.463 e. The molecule has 1 aliphatic heterocycles. The minimum absolute atomic E-state index is 0.216. The summed E-state index contributed by atoms with van der Waals surface area (Å²) in [5.74, 6) is -0.712. The van der Waals surface area contributed by atoms with Crippen LogP contribution in [0, 0.1) is 29.6 Å². The molecule has 1 aliphatic rings. The topological polar surface area (TPSA) is 113 Å². The van der Waals surface area contributed by atoms with Gasteiger partial charge in [0.05, 0.1) is 40.3 Å². The quantitative estimate of drug-likeness (QED) is 0.441. The van der Waals surface area contributed by atoms with E-state index in [1.807, 2.05) is 50.2 Å². The molecule has 0 spiro atoms. The van der Waals surface area contributed by atoms with Crippen LogP contribution in [0.1, 0.15) is 42.1 Å². The van der Waals surface area contributed by atoms with Gasteiger partial charge in [-0.25, -0.2) is 9.78 Å². The molecule has 33 heavy (non-hydrogen) atoms. The van der Waals surface area contributed by atoms with Crippen molar-refractivity contribution in [1.29, 1.82) is 10.5 Å². The van der Waals surface area contributed by atoms with Gasteiger partial charge in [0.1, 0.15) is 11.1 Å². The molecule has 0 amide bonds. The Labute approximate surface area is 202 Å². The number of nitriles is 2. The van der Waals surface area contributed by atoms with Crippen molar-refractivity contribution in [3.05, 3.63) is 79.9 Å². The zero-order chi connectivity index (χ0) is 24.0. The first-order chi connectivity index (χ1) is 15.9. The third-order valence-electron chi connectivity index (χ3n) is 5.20. The van der Waals surface area contributed by atoms with Crippen molar-refractivity contribution in [1.82, 2.24) is 4.98 Å². The minimum atomic E-state index is -0.611. The number of rotatable bonds is 7. The van der Waals surface area contributed by atoms with E-state index in [2.05, 4.69) is 17.1 Å². The van der Waals surface area contributed by atoms with Gasteiger partial charge in [-0.2, -0.15) is 10.5 Å². The largest absolute Gasteiger partial charge is 0.463 e. The predicted octanol–water partition coefficient (Wildman–Crippen LogP) is 4.96. The second kappa shape index (κ2) is 11.1. The number of benzene rings is 1. The van der Waals surface area contributed by atoms with E-state index < -0.39 is 11.9 Å². The van der Waals surface area contributed by atoms with Gasteiger partial charge >= 0.3 is 5.97 Å². The molecule has 1 aromatic carbocycles. The molecule has 3 rings (SSSR count). The summed E-state index contributed by atoms with van der Waals surface area (Å²) in [6.07, 6.45) is 0.758. The van der Waals surface area contributed by atoms with Crippen LogP contribution in [0.5, 0.6) is 0 Å². The van der Waals surface area contributed by atoms with Crippen LogP contribution in [-0.2, 0) is 16.0 Å². The van der Waals surface area contributed by atoms with E-state index in [1.54, 1.807) is 6.92 Å². The fourth-order valence-electron chi connectivity index (χ4n) is 3.65. The molecule has 0 unspecified atom stereocenters. The summed E-state index contributed by atoms with van der Waals surface area (Å²) in [4.78, 5) is 18.5. The lowest BCUT2D eigenvalue weighted by Gasteiger charge is -2.28. The Bertz CT molecular complexity index is 1210. The summed E-state index contributed by atoms with van der Waals surface area (Å²) in [6, 6.07) is 15.6. The fourth-order valence-corrected chi connectivity index (χ4v) is 5.77. The molecule has 0 radical (unpaired) electrons. The molecule has 8 heteroatoms. The highest BCUT2D eigenvalue weighted by molar-refractivity contribution is 8.08. The van der Waals surface area contributed by atoms with E-state index >= 15 is 0 Å². The number of carbonyl (C=O) groups excluding carboxylic acids is 1. The first-order valence-electron chi connectivity index (χ1n) is 10.5. The van der Waals surface area contributed by atoms with Crippen LogP contribution in [0.2, 0.25) is 0 Å². The third kappa shape index (κ3) is 5.24. The Morgan fingerprint density at radius 3 is 2.58 bits per heavy atom. The Balaban J connectivity index is 2.08. The molecule has 0 saturated heterocycles. The van der Waals surface area contributed by atoms with Crippen LogP contribution in [0.3, 0.4) is 0 Å². The van der Waals surface area contributed by atoms with E-state index in [9.17, 15) is 15.3 Å². The summed E-state index contributed by atoms with van der Waals surface area (Å²) in [6.45, 7) is 5.93. The average molecular weight is 477 g/mol. The van der Waals surface area contributed by atoms with Gasteiger partial charge in [-0.05, 0) is 37.5 Å². The van der Waals surface area contributed by atoms with E-state index in [0.717, 1.165) is 23.2 Å². The van der Waals surface area contributed by atoms with Crippen molar-refractivity contribution >= 4 is 29.5 Å². The Kier molecular flexibility index (Phi) is 8.21. The first kappa shape index (κ1) is 24.4. The van der Waals surface area contributed by atoms with Crippen LogP contribution < -0.4 is 5.73 Å². The lowest BCUT2D eigenvalue weighted by atomic mass is 9.84. The van der Waals surface area contributed by atoms with Gasteiger partial charge in [-0.1, -0.05) is 60.8 Å². The van der Waals surface area contributed by atoms with Gasteiger partial charge in [0.2, 0.25) is 0 Å². The van der Waals surface area contributed by atoms with E-state index in [1.165, 1.54) is 23.5 Å². The van der Waals surface area contributed by atoms with Crippen molar-refractivity contribution in [2.24, 2.45) is 5.73 Å². The number of nitrogens with zero attached hydrogens (tertiary/aromatic N) is 3. The second-order valence-corrected chi connectivity index (χ2v) is 9.35. The maximum Gasteiger partial charge on any atom is 0.335 e. The number of hydrogen-bond donors (Lipinski definition) is 1. The summed E-state index contributed by atoms with van der Waals surface area (Å²) >= 11 is 2.59. The molecule has 2 N–H and O–H groups in total. The second-order valence-electron chi connectivity index (χ2n) is 7.25. The number of pyridine rings is 1. The van der Waals surface area contributed by atoms with Crippen molar-refractivity contribution in [2.75, 3.05) is 12.4 Å². The maximum absolute atomic E-state index is 13.1. The van der Waals surface area contributed by atoms with Gasteiger partial charge in [-0.3, -0.25) is 0 Å². The van der Waals surface area contributed by atoms with Crippen molar-refractivity contribution < 1.29 is 9.53 Å². The average Bonchev–Trinajstić information content (AvgIpc) is 2.83. The number of aromatic nitrogens is 1. The predicted molar refractivity (Wildman–Crippen MR) is 131 cm³/mol. The molecular weight excluding hydrogens is 452 g/mol. The standard InChI is InChI=1S/C25H24N4O2S2/c1-4-19-15(3)11-17(12-26)24(29-19)32-14-20-22(25(30)31-5-2)21(16-9-7-6-8-10-16)18(13-27)23(28)33-20/h6-11,21H,4-5,14,28H2,1-3H3/t21-/m0/s1. The Morgan fingerprint density at radius 1 is 1.24 bits per heavy atom. The Morgan fingerprint density at radius 2 is 1.97 bits per heavy atom. The number of thioether (sulfide) groups is 2. The van der Waals surface area contributed by atoms with Crippen LogP contribution in [0.4, 0.5) is 0 Å². The molecule has 0 fully saturated rings. The Hall–Kier alpha value is -3.20. The van der Waals surface area contributed by atoms with Crippen LogP contribution in [-0.4, -0.2) is 23.3 Å². The number of allylic oxidation sites excluding steroid dienone is 1. The van der Waals surface area contributed by atoms with E-state index in [0.29, 0.717) is 37.4 Å². The smallest absolute Gasteiger partial charge is 0.335 e. The van der Waals surface area contributed by atoms with Gasteiger partial charge in [0, 0.05) is 16.4 Å². The van der Waals surface area contributed by atoms with Gasteiger partial charge < -0.3 is 10.5 Å². The zero-order valence-electron chi connectivity index (χ0n) is 18.7. The molecular formula is C25H24N4O2S2. The number of aryl methyl sites for hydroxylation is 2. The monoisotopic (exact) mass is 476 g/mol. The number of nitrogens with two attached hydrogens (primary N) is 1. The summed E-state index contributed by atoms with van der Waals surface area (Å²) in [7, 11) is 0. The molecule has 1 aromatic heterocycles. The maximum atomic E-state index is 13.1. The van der Waals surface area contributed by atoms with Crippen molar-refractivity contribution in [3.63, 3.8) is 0 Å². The van der Waals surface area contributed by atoms with Crippen molar-refractivity contribution in [3.8, 4) is 12.1 Å². The number of hydrogen-bond acceptors (Lipinski definition) is 8. The fraction of sp³-hybridized carbons (Fsp3) is 0.280. The molecule has 1 atom stereocenters. The van der Waals surface area contributed by atoms with Crippen LogP contribution in [0.15, 0.2) is 62.5 Å². The number of carbonyl (C=O) groups is 1. The lowest BCUT2D eigenvalue weighted by Crippen LogP contribution is -2.23. The summed E-state index contributed by atoms with van der Waals surface area (Å²) < 4.78 is 5.38. The van der Waals surface area contributed by atoms with E-state index in [-0.39, 0.29) is 6.61 Å². The third-order valence-corrected chi connectivity index (χ3v) is 7.45. The number of ether oxygens (including phenoxy) is 1. The SMILES string of the molecule is CCOC(=O)C1=C(CSc2nc(CC)c(C)cc2C#N)SC(N)=C(C#N)[C@@H]1c1ccccc1. The van der Waals surface area contributed by atoms with Gasteiger partial charge in [-0.15, -0.1) is 0 Å². The lowest BCUT2D eigenvalue weighted by molar-refractivity contribution is -0.138. The molecule has 0 saturated carbocycles. The highest BCUT2D eigenvalue weighted by Gasteiger charge is 2.36. The molecule has 168 valence electrons. The van der Waals surface area contributed by atoms with E-state index in [4.69, 9.17) is 10.5 Å². The normalized spacial score (nSPS) is 15.7. The zero-order valence-corrected chi connectivity index (χ0v) is 20.3. The van der Waals surface area contributed by atoms with Crippen LogP contribution >= 0.6 is 23.5 Å². The molecule has 2 heterocycles. The van der Waals surface area contributed by atoms with Gasteiger partial charge in [0.15, 0.2) is 0 Å². The summed E-state index contributed by atoms with van der Waals surface area (Å²) in [5, 5.41) is 20.4. The van der Waals surface area contributed by atoms with Crippen LogP contribution in [0.25, 0.3) is 0 Å². The highest BCUT2D eigenvalue weighted by Crippen LogP contribution is 2.47. The number of esters is 1. The highest BCUT2D eigenvalue weighted by atomic mass is 32.2. The molecule has 0 bridgehead atoms. The van der Waals surface area contributed by atoms with Gasteiger partial charge in [0.25, 0.3) is 0 Å².